The summed E-state index contributed by atoms with van der Waals surface area (Å²) in [7, 11) is 3.81. The molecule has 3 aromatic rings. The van der Waals surface area contributed by atoms with Crippen molar-refractivity contribution >= 4 is 34.5 Å². The molecule has 0 bridgehead atoms. The third-order valence-corrected chi connectivity index (χ3v) is 7.39. The smallest absolute Gasteiger partial charge is 0.261 e. The summed E-state index contributed by atoms with van der Waals surface area (Å²) in [6, 6.07) is 17.5. The van der Waals surface area contributed by atoms with Crippen LogP contribution in [0, 0.1) is 0 Å². The third kappa shape index (κ3) is 6.20. The van der Waals surface area contributed by atoms with Gasteiger partial charge in [0, 0.05) is 24.5 Å². The first-order valence-corrected chi connectivity index (χ1v) is 12.6. The van der Waals surface area contributed by atoms with Crippen LogP contribution in [0.5, 0.6) is 5.75 Å². The predicted octanol–water partition coefficient (Wildman–Crippen LogP) is 5.41. The Morgan fingerprint density at radius 3 is 2.53 bits per heavy atom. The number of halogens is 1. The van der Waals surface area contributed by atoms with E-state index in [1.54, 1.807) is 19.2 Å². The molecule has 7 heteroatoms. The highest BCUT2D eigenvalue weighted by atomic mass is 35.5. The minimum absolute atomic E-state index is 0.164. The number of thiophene rings is 1. The van der Waals surface area contributed by atoms with Crippen molar-refractivity contribution in [2.24, 2.45) is 0 Å². The molecule has 0 saturated heterocycles. The van der Waals surface area contributed by atoms with Crippen molar-refractivity contribution in [3.05, 3.63) is 92.8 Å². The molecule has 1 unspecified atom stereocenters. The van der Waals surface area contributed by atoms with Gasteiger partial charge in [-0.2, -0.15) is 0 Å². The summed E-state index contributed by atoms with van der Waals surface area (Å²) in [6.07, 6.45) is 2.68. The molecule has 2 heterocycles. The molecule has 1 aliphatic heterocycles. The number of amides is 1. The summed E-state index contributed by atoms with van der Waals surface area (Å²) >= 11 is 7.31. The number of ether oxygens (including phenoxy) is 1. The number of anilines is 1. The van der Waals surface area contributed by atoms with Crippen LogP contribution < -0.4 is 15.4 Å². The van der Waals surface area contributed by atoms with E-state index in [1.807, 2.05) is 24.3 Å². The average Bonchev–Trinajstić information content (AvgIpc) is 3.19. The standard InChI is InChI=1S/C27H30ClN3O2S/c1-18(29-22-7-6-20-12-14-31(2)15-13-21(20)17-22)24(16-19-4-8-23(33-3)9-5-19)30-27(32)25-10-11-26(28)34-25/h4-11,17,24,29H,1,12-16H2,2-3H3,(H,30,32). The van der Waals surface area contributed by atoms with Crippen LogP contribution in [-0.4, -0.2) is 44.1 Å². The van der Waals surface area contributed by atoms with Crippen molar-refractivity contribution < 1.29 is 9.53 Å². The number of hydrogen-bond acceptors (Lipinski definition) is 5. The van der Waals surface area contributed by atoms with Gasteiger partial charge in [-0.1, -0.05) is 36.4 Å². The monoisotopic (exact) mass is 495 g/mol. The zero-order chi connectivity index (χ0) is 24.1. The topological polar surface area (TPSA) is 53.6 Å². The number of fused-ring (bicyclic) bond motifs is 1. The predicted molar refractivity (Wildman–Crippen MR) is 141 cm³/mol. The second-order valence-corrected chi connectivity index (χ2v) is 10.3. The lowest BCUT2D eigenvalue weighted by atomic mass is 10.0. The molecular formula is C27H30ClN3O2S. The number of rotatable bonds is 8. The van der Waals surface area contributed by atoms with E-state index in [9.17, 15) is 4.79 Å². The number of nitrogens with one attached hydrogen (secondary N) is 2. The second kappa shape index (κ2) is 11.1. The Kier molecular flexibility index (Phi) is 7.93. The van der Waals surface area contributed by atoms with Gasteiger partial charge < -0.3 is 20.3 Å². The first-order chi connectivity index (χ1) is 16.4. The maximum Gasteiger partial charge on any atom is 0.261 e. The van der Waals surface area contributed by atoms with E-state index in [0.29, 0.717) is 15.6 Å². The Morgan fingerprint density at radius 1 is 1.12 bits per heavy atom. The van der Waals surface area contributed by atoms with Gasteiger partial charge in [0.05, 0.1) is 22.4 Å². The van der Waals surface area contributed by atoms with Crippen molar-refractivity contribution in [2.75, 3.05) is 32.6 Å². The SMILES string of the molecule is C=C(Nc1ccc2c(c1)CCN(C)CC2)C(Cc1ccc(OC)cc1)NC(=O)c1ccc(Cl)s1. The summed E-state index contributed by atoms with van der Waals surface area (Å²) in [5, 5.41) is 6.59. The highest BCUT2D eigenvalue weighted by Gasteiger charge is 2.20. The van der Waals surface area contributed by atoms with E-state index < -0.39 is 0 Å². The quantitative estimate of drug-likeness (QED) is 0.439. The number of carbonyl (C=O) groups is 1. The van der Waals surface area contributed by atoms with Gasteiger partial charge >= 0.3 is 0 Å². The minimum Gasteiger partial charge on any atom is -0.497 e. The van der Waals surface area contributed by atoms with E-state index in [2.05, 4.69) is 47.4 Å². The van der Waals surface area contributed by atoms with Crippen LogP contribution in [0.4, 0.5) is 5.69 Å². The molecule has 0 spiro atoms. The molecule has 0 saturated carbocycles. The van der Waals surface area contributed by atoms with Gasteiger partial charge in [-0.25, -0.2) is 0 Å². The van der Waals surface area contributed by atoms with E-state index in [1.165, 1.54) is 22.5 Å². The molecule has 5 nitrogen and oxygen atoms in total. The Hall–Kier alpha value is -2.80. The fraction of sp³-hybridized carbons (Fsp3) is 0.296. The Bertz CT molecular complexity index is 1160. The Morgan fingerprint density at radius 2 is 1.85 bits per heavy atom. The van der Waals surface area contributed by atoms with E-state index in [-0.39, 0.29) is 11.9 Å². The van der Waals surface area contributed by atoms with Gasteiger partial charge in [-0.3, -0.25) is 4.79 Å². The second-order valence-electron chi connectivity index (χ2n) is 8.62. The molecule has 1 atom stereocenters. The Balaban J connectivity index is 1.52. The molecule has 1 amide bonds. The highest BCUT2D eigenvalue weighted by molar-refractivity contribution is 7.18. The molecule has 178 valence electrons. The largest absolute Gasteiger partial charge is 0.497 e. The van der Waals surface area contributed by atoms with Crippen molar-refractivity contribution in [2.45, 2.75) is 25.3 Å². The van der Waals surface area contributed by atoms with Crippen molar-refractivity contribution in [1.82, 2.24) is 10.2 Å². The summed E-state index contributed by atoms with van der Waals surface area (Å²) < 4.78 is 5.86. The van der Waals surface area contributed by atoms with Crippen LogP contribution in [-0.2, 0) is 19.3 Å². The number of carbonyl (C=O) groups excluding carboxylic acids is 1. The maximum absolute atomic E-state index is 12.9. The highest BCUT2D eigenvalue weighted by Crippen LogP contribution is 2.24. The number of nitrogens with zero attached hydrogens (tertiary/aromatic N) is 1. The number of benzene rings is 2. The molecule has 0 radical (unpaired) electrons. The molecule has 2 N–H and O–H groups in total. The fourth-order valence-electron chi connectivity index (χ4n) is 4.11. The third-order valence-electron chi connectivity index (χ3n) is 6.16. The van der Waals surface area contributed by atoms with Crippen LogP contribution in [0.25, 0.3) is 0 Å². The lowest BCUT2D eigenvalue weighted by Crippen LogP contribution is -2.39. The van der Waals surface area contributed by atoms with E-state index in [0.717, 1.165) is 48.6 Å². The maximum atomic E-state index is 12.9. The van der Waals surface area contributed by atoms with Crippen LogP contribution in [0.15, 0.2) is 66.9 Å². The molecule has 1 aliphatic rings. The van der Waals surface area contributed by atoms with Crippen LogP contribution in [0.3, 0.4) is 0 Å². The normalized spacial score (nSPS) is 14.6. The van der Waals surface area contributed by atoms with Crippen LogP contribution in [0.1, 0.15) is 26.4 Å². The zero-order valence-corrected chi connectivity index (χ0v) is 21.1. The molecule has 1 aromatic heterocycles. The number of methoxy groups -OCH3 is 1. The van der Waals surface area contributed by atoms with E-state index in [4.69, 9.17) is 16.3 Å². The van der Waals surface area contributed by atoms with Gasteiger partial charge in [0.15, 0.2) is 0 Å². The number of hydrogen-bond donors (Lipinski definition) is 2. The van der Waals surface area contributed by atoms with Gasteiger partial charge in [0.1, 0.15) is 5.75 Å². The van der Waals surface area contributed by atoms with Crippen LogP contribution in [0.2, 0.25) is 4.34 Å². The first kappa shape index (κ1) is 24.3. The van der Waals surface area contributed by atoms with Gasteiger partial charge in [0.25, 0.3) is 5.91 Å². The fourth-order valence-corrected chi connectivity index (χ4v) is 5.06. The zero-order valence-electron chi connectivity index (χ0n) is 19.6. The summed E-state index contributed by atoms with van der Waals surface area (Å²) in [5.41, 5.74) is 5.56. The van der Waals surface area contributed by atoms with Gasteiger partial charge in [0.2, 0.25) is 0 Å². The first-order valence-electron chi connectivity index (χ1n) is 11.4. The van der Waals surface area contributed by atoms with Crippen molar-refractivity contribution in [3.8, 4) is 5.75 Å². The molecule has 0 fully saturated rings. The summed E-state index contributed by atoms with van der Waals surface area (Å²) in [5.74, 6) is 0.633. The van der Waals surface area contributed by atoms with Crippen molar-refractivity contribution in [3.63, 3.8) is 0 Å². The Labute approximate surface area is 210 Å². The molecule has 0 aliphatic carbocycles. The van der Waals surface area contributed by atoms with Crippen LogP contribution >= 0.6 is 22.9 Å². The summed E-state index contributed by atoms with van der Waals surface area (Å²) in [6.45, 7) is 6.42. The van der Waals surface area contributed by atoms with Crippen molar-refractivity contribution in [1.29, 1.82) is 0 Å². The van der Waals surface area contributed by atoms with E-state index >= 15 is 0 Å². The number of likely N-dealkylation sites (N-methyl/N-ethyl adjacent to an activating group) is 1. The molecule has 34 heavy (non-hydrogen) atoms. The molecular weight excluding hydrogens is 466 g/mol. The van der Waals surface area contributed by atoms with Gasteiger partial charge in [-0.15, -0.1) is 11.3 Å². The molecule has 4 rings (SSSR count). The van der Waals surface area contributed by atoms with Gasteiger partial charge in [-0.05, 0) is 79.4 Å². The lowest BCUT2D eigenvalue weighted by Gasteiger charge is -2.23. The molecule has 2 aromatic carbocycles. The minimum atomic E-state index is -0.313. The average molecular weight is 496 g/mol. The summed E-state index contributed by atoms with van der Waals surface area (Å²) in [4.78, 5) is 15.9. The lowest BCUT2D eigenvalue weighted by molar-refractivity contribution is 0.0947.